The van der Waals surface area contributed by atoms with Gasteiger partial charge >= 0.3 is 5.97 Å². The molecule has 4 rings (SSSR count). The Labute approximate surface area is 175 Å². The lowest BCUT2D eigenvalue weighted by Crippen LogP contribution is -2.14. The predicted octanol–water partition coefficient (Wildman–Crippen LogP) is 6.09. The van der Waals surface area contributed by atoms with Gasteiger partial charge in [0.05, 0.1) is 12.8 Å². The Kier molecular flexibility index (Phi) is 5.57. The summed E-state index contributed by atoms with van der Waals surface area (Å²) in [6, 6.07) is 28.9. The number of fused-ring (bicyclic) bond motifs is 1. The SMILES string of the molecule is COC(=O)c1ccc2ccccc2c1OC(=Nc1ccccc1C)c1ccccc1. The normalized spacial score (nSPS) is 11.3. The van der Waals surface area contributed by atoms with Crippen LogP contribution in [-0.4, -0.2) is 19.0 Å². The summed E-state index contributed by atoms with van der Waals surface area (Å²) in [7, 11) is 1.36. The fourth-order valence-corrected chi connectivity index (χ4v) is 3.25. The second-order valence-electron chi connectivity index (χ2n) is 6.83. The monoisotopic (exact) mass is 395 g/mol. The van der Waals surface area contributed by atoms with Gasteiger partial charge in [-0.15, -0.1) is 0 Å². The second kappa shape index (κ2) is 8.62. The van der Waals surface area contributed by atoms with Crippen molar-refractivity contribution in [1.29, 1.82) is 0 Å². The van der Waals surface area contributed by atoms with Crippen molar-refractivity contribution in [1.82, 2.24) is 0 Å². The number of hydrogen-bond donors (Lipinski definition) is 0. The van der Waals surface area contributed by atoms with Crippen molar-refractivity contribution in [2.75, 3.05) is 7.11 Å². The highest BCUT2D eigenvalue weighted by Gasteiger charge is 2.19. The van der Waals surface area contributed by atoms with Gasteiger partial charge in [0.1, 0.15) is 5.56 Å². The van der Waals surface area contributed by atoms with E-state index in [0.717, 1.165) is 27.6 Å². The van der Waals surface area contributed by atoms with E-state index in [1.54, 1.807) is 6.07 Å². The van der Waals surface area contributed by atoms with Crippen molar-refractivity contribution in [2.45, 2.75) is 6.92 Å². The zero-order valence-corrected chi connectivity index (χ0v) is 16.8. The minimum absolute atomic E-state index is 0.351. The Hall–Kier alpha value is -3.92. The number of aliphatic imine (C=N–C) groups is 1. The van der Waals surface area contributed by atoms with Gasteiger partial charge in [-0.2, -0.15) is 0 Å². The number of carbonyl (C=O) groups is 1. The number of esters is 1. The van der Waals surface area contributed by atoms with Crippen LogP contribution in [0.2, 0.25) is 0 Å². The molecule has 0 aliphatic carbocycles. The first-order valence-electron chi connectivity index (χ1n) is 9.65. The summed E-state index contributed by atoms with van der Waals surface area (Å²) in [6.45, 7) is 2.00. The average molecular weight is 395 g/mol. The number of carbonyl (C=O) groups excluding carboxylic acids is 1. The van der Waals surface area contributed by atoms with E-state index < -0.39 is 5.97 Å². The van der Waals surface area contributed by atoms with Crippen molar-refractivity contribution in [3.05, 3.63) is 108 Å². The third-order valence-electron chi connectivity index (χ3n) is 4.84. The summed E-state index contributed by atoms with van der Waals surface area (Å²) in [6.07, 6.45) is 0. The largest absolute Gasteiger partial charge is 0.465 e. The maximum absolute atomic E-state index is 12.5. The maximum Gasteiger partial charge on any atom is 0.341 e. The van der Waals surface area contributed by atoms with E-state index in [1.165, 1.54) is 7.11 Å². The third kappa shape index (κ3) is 3.94. The van der Waals surface area contributed by atoms with Gasteiger partial charge in [0, 0.05) is 10.9 Å². The number of para-hydroxylation sites is 1. The molecule has 0 saturated carbocycles. The van der Waals surface area contributed by atoms with Gasteiger partial charge in [0.2, 0.25) is 5.90 Å². The molecular formula is C26H21NO3. The molecule has 4 aromatic rings. The van der Waals surface area contributed by atoms with Crippen LogP contribution in [0, 0.1) is 6.92 Å². The van der Waals surface area contributed by atoms with E-state index in [9.17, 15) is 4.79 Å². The van der Waals surface area contributed by atoms with Gasteiger partial charge in [0.15, 0.2) is 5.75 Å². The molecule has 0 aromatic heterocycles. The van der Waals surface area contributed by atoms with Crippen molar-refractivity contribution in [3.8, 4) is 5.75 Å². The molecule has 0 fully saturated rings. The zero-order chi connectivity index (χ0) is 20.9. The molecule has 0 spiro atoms. The van der Waals surface area contributed by atoms with Crippen LogP contribution < -0.4 is 4.74 Å². The summed E-state index contributed by atoms with van der Waals surface area (Å²) in [5.41, 5.74) is 2.99. The smallest absolute Gasteiger partial charge is 0.341 e. The van der Waals surface area contributed by atoms with Gasteiger partial charge in [0.25, 0.3) is 0 Å². The summed E-state index contributed by atoms with van der Waals surface area (Å²) in [4.78, 5) is 17.3. The Bertz CT molecular complexity index is 1230. The van der Waals surface area contributed by atoms with Crippen molar-refractivity contribution >= 4 is 28.3 Å². The lowest BCUT2D eigenvalue weighted by atomic mass is 10.1. The summed E-state index contributed by atoms with van der Waals surface area (Å²) in [5.74, 6) is 0.376. The average Bonchev–Trinajstić information content (AvgIpc) is 2.80. The number of ether oxygens (including phenoxy) is 2. The molecule has 30 heavy (non-hydrogen) atoms. The van der Waals surface area contributed by atoms with Crippen LogP contribution in [0.1, 0.15) is 21.5 Å². The predicted molar refractivity (Wildman–Crippen MR) is 120 cm³/mol. The number of benzene rings is 4. The minimum atomic E-state index is -0.459. The Morgan fingerprint density at radius 2 is 1.50 bits per heavy atom. The molecule has 0 aliphatic heterocycles. The molecule has 0 unspecified atom stereocenters. The fraction of sp³-hybridized carbons (Fsp3) is 0.0769. The molecule has 4 nitrogen and oxygen atoms in total. The number of aryl methyl sites for hydroxylation is 1. The molecule has 0 N–H and O–H groups in total. The van der Waals surface area contributed by atoms with Crippen LogP contribution in [0.25, 0.3) is 10.8 Å². The maximum atomic E-state index is 12.5. The van der Waals surface area contributed by atoms with Gasteiger partial charge in [-0.25, -0.2) is 9.79 Å². The molecule has 148 valence electrons. The van der Waals surface area contributed by atoms with E-state index in [4.69, 9.17) is 14.5 Å². The number of hydrogen-bond acceptors (Lipinski definition) is 4. The third-order valence-corrected chi connectivity index (χ3v) is 4.84. The first-order chi connectivity index (χ1) is 14.7. The summed E-state index contributed by atoms with van der Waals surface area (Å²) in [5, 5.41) is 1.78. The molecule has 0 aliphatic rings. The standard InChI is InChI=1S/C26H21NO3/c1-18-10-6-9-15-23(18)27-25(20-12-4-3-5-13-20)30-24-21-14-8-7-11-19(21)16-17-22(24)26(28)29-2/h3-17H,1-2H3. The Morgan fingerprint density at radius 1 is 0.800 bits per heavy atom. The van der Waals surface area contributed by atoms with Crippen molar-refractivity contribution in [3.63, 3.8) is 0 Å². The molecule has 0 atom stereocenters. The van der Waals surface area contributed by atoms with Gasteiger partial charge in [-0.1, -0.05) is 66.7 Å². The van der Waals surface area contributed by atoms with Crippen LogP contribution in [0.3, 0.4) is 0 Å². The van der Waals surface area contributed by atoms with Crippen LogP contribution in [-0.2, 0) is 4.74 Å². The zero-order valence-electron chi connectivity index (χ0n) is 16.8. The first-order valence-corrected chi connectivity index (χ1v) is 9.65. The molecular weight excluding hydrogens is 374 g/mol. The number of nitrogens with zero attached hydrogens (tertiary/aromatic N) is 1. The quantitative estimate of drug-likeness (QED) is 0.239. The highest BCUT2D eigenvalue weighted by atomic mass is 16.5. The molecule has 0 bridgehead atoms. The van der Waals surface area contributed by atoms with Crippen molar-refractivity contribution in [2.24, 2.45) is 4.99 Å². The van der Waals surface area contributed by atoms with E-state index in [0.29, 0.717) is 17.2 Å². The van der Waals surface area contributed by atoms with E-state index in [1.807, 2.05) is 91.9 Å². The van der Waals surface area contributed by atoms with Crippen LogP contribution in [0.15, 0.2) is 96.0 Å². The molecule has 0 amide bonds. The Morgan fingerprint density at radius 3 is 2.27 bits per heavy atom. The minimum Gasteiger partial charge on any atom is -0.465 e. The first kappa shape index (κ1) is 19.4. The molecule has 0 heterocycles. The lowest BCUT2D eigenvalue weighted by molar-refractivity contribution is 0.0598. The van der Waals surface area contributed by atoms with Crippen LogP contribution in [0.4, 0.5) is 5.69 Å². The van der Waals surface area contributed by atoms with E-state index in [-0.39, 0.29) is 0 Å². The highest BCUT2D eigenvalue weighted by Crippen LogP contribution is 2.32. The number of rotatable bonds is 4. The highest BCUT2D eigenvalue weighted by molar-refractivity contribution is 6.05. The molecule has 0 radical (unpaired) electrons. The molecule has 0 saturated heterocycles. The second-order valence-corrected chi connectivity index (χ2v) is 6.83. The van der Waals surface area contributed by atoms with Crippen molar-refractivity contribution < 1.29 is 14.3 Å². The van der Waals surface area contributed by atoms with E-state index in [2.05, 4.69) is 0 Å². The Balaban J connectivity index is 1.91. The fourth-order valence-electron chi connectivity index (χ4n) is 3.25. The molecule has 4 aromatic carbocycles. The lowest BCUT2D eigenvalue weighted by Gasteiger charge is -2.15. The van der Waals surface area contributed by atoms with E-state index >= 15 is 0 Å². The summed E-state index contributed by atoms with van der Waals surface area (Å²) < 4.78 is 11.4. The van der Waals surface area contributed by atoms with Crippen LogP contribution >= 0.6 is 0 Å². The number of methoxy groups -OCH3 is 1. The summed E-state index contributed by atoms with van der Waals surface area (Å²) >= 11 is 0. The van der Waals surface area contributed by atoms with Crippen LogP contribution in [0.5, 0.6) is 5.75 Å². The topological polar surface area (TPSA) is 47.9 Å². The molecule has 4 heteroatoms. The van der Waals surface area contributed by atoms with Gasteiger partial charge in [-0.05, 0) is 42.1 Å². The van der Waals surface area contributed by atoms with Gasteiger partial charge < -0.3 is 9.47 Å². The van der Waals surface area contributed by atoms with Gasteiger partial charge in [-0.3, -0.25) is 0 Å².